The predicted molar refractivity (Wildman–Crippen MR) is 112 cm³/mol. The summed E-state index contributed by atoms with van der Waals surface area (Å²) in [4.78, 5) is 19.3. The summed E-state index contributed by atoms with van der Waals surface area (Å²) in [5, 5.41) is 9.21. The number of rotatable bonds is 2. The Bertz CT molecular complexity index is 1130. The number of nitrogens with zero attached hydrogens (tertiary/aromatic N) is 2. The minimum atomic E-state index is -0.906. The fourth-order valence-electron chi connectivity index (χ4n) is 3.47. The van der Waals surface area contributed by atoms with Gasteiger partial charge in [-0.15, -0.1) is 0 Å². The number of benzene rings is 2. The third kappa shape index (κ3) is 4.41. The molecule has 0 saturated carbocycles. The van der Waals surface area contributed by atoms with Crippen molar-refractivity contribution < 1.29 is 19.4 Å². The lowest BCUT2D eigenvalue weighted by Crippen LogP contribution is -2.08. The topological polar surface area (TPSA) is 73.0 Å². The van der Waals surface area contributed by atoms with E-state index >= 15 is 0 Å². The molecule has 1 aromatic heterocycles. The fraction of sp³-hybridized carbons (Fsp3) is 0.208. The summed E-state index contributed by atoms with van der Waals surface area (Å²) in [6.07, 6.45) is 1.35. The quantitative estimate of drug-likeness (QED) is 0.624. The average Bonchev–Trinajstić information content (AvgIpc) is 2.76. The molecule has 4 rings (SSSR count). The highest BCUT2D eigenvalue weighted by atomic mass is 16.5. The molecule has 4 bridgehead atoms. The van der Waals surface area contributed by atoms with Crippen LogP contribution < -0.4 is 9.47 Å². The lowest BCUT2D eigenvalue weighted by molar-refractivity contribution is -0.136. The number of carboxylic acid groups (broad SMARTS) is 1. The van der Waals surface area contributed by atoms with Crippen LogP contribution in [0.4, 0.5) is 5.69 Å². The highest BCUT2D eigenvalue weighted by molar-refractivity contribution is 5.73. The summed E-state index contributed by atoms with van der Waals surface area (Å²) in [5.41, 5.74) is 4.83. The number of aliphatic carboxylic acids is 1. The van der Waals surface area contributed by atoms with Crippen molar-refractivity contribution in [3.63, 3.8) is 0 Å². The molecule has 3 aromatic rings. The second-order valence-corrected chi connectivity index (χ2v) is 7.06. The van der Waals surface area contributed by atoms with Crippen molar-refractivity contribution in [1.82, 2.24) is 4.98 Å². The van der Waals surface area contributed by atoms with Crippen LogP contribution in [0.25, 0.3) is 16.1 Å². The summed E-state index contributed by atoms with van der Waals surface area (Å²) >= 11 is 0. The van der Waals surface area contributed by atoms with Crippen LogP contribution in [0.3, 0.4) is 0 Å². The number of aryl methyl sites for hydroxylation is 1. The van der Waals surface area contributed by atoms with Gasteiger partial charge in [-0.05, 0) is 30.5 Å². The Hall–Kier alpha value is -3.85. The molecule has 1 aliphatic rings. The normalized spacial score (nSPS) is 13.0. The molecule has 0 fully saturated rings. The van der Waals surface area contributed by atoms with E-state index in [2.05, 4.69) is 9.83 Å². The van der Waals surface area contributed by atoms with Gasteiger partial charge in [0.2, 0.25) is 5.88 Å². The first-order valence-corrected chi connectivity index (χ1v) is 9.69. The van der Waals surface area contributed by atoms with Crippen LogP contribution in [0.15, 0.2) is 54.6 Å². The average molecular weight is 400 g/mol. The molecule has 0 atom stereocenters. The Labute approximate surface area is 174 Å². The second-order valence-electron chi connectivity index (χ2n) is 7.06. The van der Waals surface area contributed by atoms with E-state index in [9.17, 15) is 9.90 Å². The first-order chi connectivity index (χ1) is 14.6. The molecule has 2 aromatic carbocycles. The molecular formula is C24H20N2O4. The van der Waals surface area contributed by atoms with Crippen molar-refractivity contribution in [2.75, 3.05) is 6.61 Å². The van der Waals surface area contributed by atoms with Crippen molar-refractivity contribution in [1.29, 1.82) is 0 Å². The SMILES string of the molecule is [C-]#[N+]c1ccc2c(c1)CCCOc1cc(ccc1CC(=O)O)-c1cccc(n1)OC2. The first-order valence-electron chi connectivity index (χ1n) is 9.69. The van der Waals surface area contributed by atoms with Crippen molar-refractivity contribution in [2.45, 2.75) is 25.9 Å². The maximum atomic E-state index is 11.2. The molecule has 0 spiro atoms. The smallest absolute Gasteiger partial charge is 0.307 e. The maximum Gasteiger partial charge on any atom is 0.307 e. The number of ether oxygens (including phenoxy) is 2. The van der Waals surface area contributed by atoms with Gasteiger partial charge in [0.15, 0.2) is 5.69 Å². The standard InChI is InChI=1S/C24H20N2O4/c1-25-20-10-9-19-15-30-23-6-2-5-21(26-23)17-7-8-18(14-24(27)28)22(13-17)29-11-3-4-16(19)12-20/h2,5-10,12-13H,3-4,11,14-15H2,(H,27,28). The largest absolute Gasteiger partial charge is 0.493 e. The number of pyridine rings is 1. The number of hydrogen-bond donors (Lipinski definition) is 1. The second kappa shape index (κ2) is 8.66. The van der Waals surface area contributed by atoms with Gasteiger partial charge in [0.25, 0.3) is 0 Å². The molecule has 6 nitrogen and oxygen atoms in total. The Balaban J connectivity index is 1.72. The Morgan fingerprint density at radius 3 is 2.83 bits per heavy atom. The van der Waals surface area contributed by atoms with Gasteiger partial charge in [-0.3, -0.25) is 4.79 Å². The fourth-order valence-corrected chi connectivity index (χ4v) is 3.47. The van der Waals surface area contributed by atoms with Crippen LogP contribution in [0.5, 0.6) is 11.6 Å². The van der Waals surface area contributed by atoms with Crippen molar-refractivity contribution in [3.05, 3.63) is 82.7 Å². The van der Waals surface area contributed by atoms with Crippen molar-refractivity contribution in [2.24, 2.45) is 0 Å². The summed E-state index contributed by atoms with van der Waals surface area (Å²) in [6, 6.07) is 16.6. The van der Waals surface area contributed by atoms with Crippen LogP contribution in [0.2, 0.25) is 0 Å². The van der Waals surface area contributed by atoms with E-state index in [1.807, 2.05) is 36.4 Å². The molecule has 0 aliphatic carbocycles. The van der Waals surface area contributed by atoms with E-state index < -0.39 is 5.97 Å². The number of hydrogen-bond acceptors (Lipinski definition) is 4. The first kappa shape index (κ1) is 19.5. The van der Waals surface area contributed by atoms with E-state index in [1.54, 1.807) is 18.2 Å². The highest BCUT2D eigenvalue weighted by Crippen LogP contribution is 2.29. The van der Waals surface area contributed by atoms with Gasteiger partial charge < -0.3 is 14.6 Å². The monoisotopic (exact) mass is 400 g/mol. The molecule has 150 valence electrons. The van der Waals surface area contributed by atoms with Gasteiger partial charge >= 0.3 is 5.97 Å². The van der Waals surface area contributed by atoms with E-state index in [4.69, 9.17) is 16.0 Å². The van der Waals surface area contributed by atoms with Gasteiger partial charge in [0.1, 0.15) is 12.4 Å². The van der Waals surface area contributed by atoms with E-state index in [1.165, 1.54) is 0 Å². The minimum absolute atomic E-state index is 0.108. The molecule has 0 radical (unpaired) electrons. The van der Waals surface area contributed by atoms with Gasteiger partial charge in [-0.1, -0.05) is 42.0 Å². The van der Waals surface area contributed by atoms with E-state index in [0.717, 1.165) is 35.2 Å². The van der Waals surface area contributed by atoms with Gasteiger partial charge in [0.05, 0.1) is 25.3 Å². The zero-order valence-electron chi connectivity index (χ0n) is 16.3. The van der Waals surface area contributed by atoms with Crippen LogP contribution in [0, 0.1) is 6.57 Å². The predicted octanol–water partition coefficient (Wildman–Crippen LogP) is 4.83. The van der Waals surface area contributed by atoms with E-state index in [-0.39, 0.29) is 6.42 Å². The van der Waals surface area contributed by atoms with Crippen LogP contribution in [0.1, 0.15) is 23.1 Å². The van der Waals surface area contributed by atoms with E-state index in [0.29, 0.717) is 36.1 Å². The van der Waals surface area contributed by atoms with Gasteiger partial charge in [-0.2, -0.15) is 0 Å². The third-order valence-corrected chi connectivity index (χ3v) is 4.97. The molecule has 2 heterocycles. The molecule has 0 unspecified atom stereocenters. The lowest BCUT2D eigenvalue weighted by atomic mass is 10.0. The molecule has 30 heavy (non-hydrogen) atoms. The number of aromatic nitrogens is 1. The Kier molecular flexibility index (Phi) is 5.62. The third-order valence-electron chi connectivity index (χ3n) is 4.97. The van der Waals surface area contributed by atoms with Crippen molar-refractivity contribution in [3.8, 4) is 22.9 Å². The maximum absolute atomic E-state index is 11.2. The summed E-state index contributed by atoms with van der Waals surface area (Å²) in [7, 11) is 0. The van der Waals surface area contributed by atoms with Crippen LogP contribution in [-0.4, -0.2) is 22.7 Å². The molecule has 0 amide bonds. The minimum Gasteiger partial charge on any atom is -0.493 e. The van der Waals surface area contributed by atoms with Gasteiger partial charge in [0, 0.05) is 17.2 Å². The van der Waals surface area contributed by atoms with Gasteiger partial charge in [-0.25, -0.2) is 9.83 Å². The molecule has 1 N–H and O–H groups in total. The molecular weight excluding hydrogens is 380 g/mol. The zero-order valence-corrected chi connectivity index (χ0v) is 16.3. The number of carboxylic acids is 1. The molecule has 1 aliphatic heterocycles. The zero-order chi connectivity index (χ0) is 20.9. The molecule has 6 heteroatoms. The summed E-state index contributed by atoms with van der Waals surface area (Å²) in [6.45, 7) is 8.07. The number of fused-ring (bicyclic) bond motifs is 6. The highest BCUT2D eigenvalue weighted by Gasteiger charge is 2.13. The summed E-state index contributed by atoms with van der Waals surface area (Å²) < 4.78 is 11.9. The Morgan fingerprint density at radius 2 is 2.00 bits per heavy atom. The Morgan fingerprint density at radius 1 is 1.10 bits per heavy atom. The van der Waals surface area contributed by atoms with Crippen LogP contribution in [-0.2, 0) is 24.2 Å². The number of carbonyl (C=O) groups is 1. The van der Waals surface area contributed by atoms with Crippen molar-refractivity contribution >= 4 is 11.7 Å². The van der Waals surface area contributed by atoms with Crippen LogP contribution >= 0.6 is 0 Å². The lowest BCUT2D eigenvalue weighted by Gasteiger charge is -2.16. The summed E-state index contributed by atoms with van der Waals surface area (Å²) in [5.74, 6) is 0.146. The molecule has 0 saturated heterocycles.